The van der Waals surface area contributed by atoms with E-state index in [0.717, 1.165) is 5.75 Å². The second kappa shape index (κ2) is 7.95. The molecule has 4 heteroatoms. The van der Waals surface area contributed by atoms with Gasteiger partial charge >= 0.3 is 0 Å². The first-order valence-corrected chi connectivity index (χ1v) is 8.14. The van der Waals surface area contributed by atoms with Crippen LogP contribution in [0.2, 0.25) is 0 Å². The number of halogens is 1. The highest BCUT2D eigenvalue weighted by molar-refractivity contribution is 5.90. The maximum absolute atomic E-state index is 13.4. The van der Waals surface area contributed by atoms with Gasteiger partial charge in [-0.25, -0.2) is 4.39 Å². The first-order valence-electron chi connectivity index (χ1n) is 8.14. The molecule has 1 amide bonds. The second-order valence-corrected chi connectivity index (χ2v) is 6.75. The molecule has 0 aromatic heterocycles. The summed E-state index contributed by atoms with van der Waals surface area (Å²) < 4.78 is 19.1. The zero-order valence-electron chi connectivity index (χ0n) is 14.4. The standard InChI is InChI=1S/C20H24FNO2/c1-20(2,3)15-10-12-16(13-11-15)24-14-6-9-19(23)22-18-8-5-4-7-17(18)21/h4-5,7-8,10-13H,6,9,14H2,1-3H3,(H,22,23). The smallest absolute Gasteiger partial charge is 0.224 e. The molecule has 128 valence electrons. The molecule has 2 rings (SSSR count). The van der Waals surface area contributed by atoms with Crippen LogP contribution in [0.5, 0.6) is 5.75 Å². The van der Waals surface area contributed by atoms with Crippen molar-refractivity contribution in [1.29, 1.82) is 0 Å². The number of rotatable bonds is 6. The number of hydrogen-bond acceptors (Lipinski definition) is 2. The Morgan fingerprint density at radius 3 is 2.38 bits per heavy atom. The molecular weight excluding hydrogens is 305 g/mol. The molecule has 24 heavy (non-hydrogen) atoms. The van der Waals surface area contributed by atoms with Crippen LogP contribution in [-0.4, -0.2) is 12.5 Å². The SMILES string of the molecule is CC(C)(C)c1ccc(OCCCC(=O)Nc2ccccc2F)cc1. The summed E-state index contributed by atoms with van der Waals surface area (Å²) in [7, 11) is 0. The van der Waals surface area contributed by atoms with Crippen LogP contribution < -0.4 is 10.1 Å². The summed E-state index contributed by atoms with van der Waals surface area (Å²) >= 11 is 0. The quantitative estimate of drug-likeness (QED) is 0.764. The van der Waals surface area contributed by atoms with E-state index in [-0.39, 0.29) is 23.4 Å². The normalized spacial score (nSPS) is 11.2. The van der Waals surface area contributed by atoms with Crippen LogP contribution in [0.15, 0.2) is 48.5 Å². The Bertz CT molecular complexity index is 675. The average molecular weight is 329 g/mol. The van der Waals surface area contributed by atoms with Crippen molar-refractivity contribution in [3.05, 3.63) is 59.9 Å². The van der Waals surface area contributed by atoms with Crippen molar-refractivity contribution >= 4 is 11.6 Å². The Morgan fingerprint density at radius 2 is 1.75 bits per heavy atom. The fourth-order valence-corrected chi connectivity index (χ4v) is 2.25. The first kappa shape index (κ1) is 18.0. The summed E-state index contributed by atoms with van der Waals surface area (Å²) in [5.41, 5.74) is 1.57. The molecule has 2 aromatic carbocycles. The first-order chi connectivity index (χ1) is 11.4. The van der Waals surface area contributed by atoms with Gasteiger partial charge in [0.1, 0.15) is 11.6 Å². The Labute approximate surface area is 142 Å². The molecule has 0 atom stereocenters. The van der Waals surface area contributed by atoms with E-state index in [4.69, 9.17) is 4.74 Å². The van der Waals surface area contributed by atoms with Gasteiger partial charge in [0.15, 0.2) is 0 Å². The molecule has 0 spiro atoms. The Hall–Kier alpha value is -2.36. The molecule has 2 aromatic rings. The van der Waals surface area contributed by atoms with Crippen LogP contribution in [0.3, 0.4) is 0 Å². The van der Waals surface area contributed by atoms with Gasteiger partial charge in [0, 0.05) is 6.42 Å². The molecule has 3 nitrogen and oxygen atoms in total. The largest absolute Gasteiger partial charge is 0.494 e. The number of benzene rings is 2. The molecule has 0 unspecified atom stereocenters. The Balaban J connectivity index is 1.73. The molecule has 0 saturated carbocycles. The lowest BCUT2D eigenvalue weighted by Gasteiger charge is -2.19. The minimum atomic E-state index is -0.430. The van der Waals surface area contributed by atoms with Crippen LogP contribution in [0, 0.1) is 5.82 Å². The zero-order chi connectivity index (χ0) is 17.6. The number of hydrogen-bond donors (Lipinski definition) is 1. The van der Waals surface area contributed by atoms with Crippen molar-refractivity contribution < 1.29 is 13.9 Å². The van der Waals surface area contributed by atoms with Crippen molar-refractivity contribution in [1.82, 2.24) is 0 Å². The number of para-hydroxylation sites is 1. The van der Waals surface area contributed by atoms with Gasteiger partial charge < -0.3 is 10.1 Å². The zero-order valence-corrected chi connectivity index (χ0v) is 14.4. The lowest BCUT2D eigenvalue weighted by atomic mass is 9.87. The van der Waals surface area contributed by atoms with E-state index in [1.807, 2.05) is 12.1 Å². The highest BCUT2D eigenvalue weighted by Crippen LogP contribution is 2.24. The van der Waals surface area contributed by atoms with Crippen LogP contribution in [-0.2, 0) is 10.2 Å². The summed E-state index contributed by atoms with van der Waals surface area (Å²) in [6.45, 7) is 6.94. The van der Waals surface area contributed by atoms with Crippen LogP contribution in [0.25, 0.3) is 0 Å². The Morgan fingerprint density at radius 1 is 1.08 bits per heavy atom. The van der Waals surface area contributed by atoms with E-state index >= 15 is 0 Å². The van der Waals surface area contributed by atoms with Gasteiger partial charge in [0.2, 0.25) is 5.91 Å². The van der Waals surface area contributed by atoms with E-state index in [0.29, 0.717) is 13.0 Å². The number of anilines is 1. The minimum absolute atomic E-state index is 0.114. The lowest BCUT2D eigenvalue weighted by molar-refractivity contribution is -0.116. The predicted molar refractivity (Wildman–Crippen MR) is 94.9 cm³/mol. The summed E-state index contributed by atoms with van der Waals surface area (Å²) in [6, 6.07) is 14.1. The molecule has 0 aliphatic rings. The van der Waals surface area contributed by atoms with Crippen LogP contribution in [0.1, 0.15) is 39.2 Å². The minimum Gasteiger partial charge on any atom is -0.494 e. The monoisotopic (exact) mass is 329 g/mol. The van der Waals surface area contributed by atoms with Gasteiger partial charge in [-0.1, -0.05) is 45.0 Å². The number of carbonyl (C=O) groups excluding carboxylic acids is 1. The third-order valence-electron chi connectivity index (χ3n) is 3.69. The molecule has 0 radical (unpaired) electrons. The van der Waals surface area contributed by atoms with Gasteiger partial charge in [-0.3, -0.25) is 4.79 Å². The van der Waals surface area contributed by atoms with E-state index in [1.54, 1.807) is 18.2 Å². The van der Waals surface area contributed by atoms with Crippen LogP contribution >= 0.6 is 0 Å². The maximum Gasteiger partial charge on any atom is 0.224 e. The molecule has 0 heterocycles. The molecule has 0 fully saturated rings. The van der Waals surface area contributed by atoms with Crippen molar-refractivity contribution in [2.24, 2.45) is 0 Å². The van der Waals surface area contributed by atoms with Gasteiger partial charge in [0.25, 0.3) is 0 Å². The second-order valence-electron chi connectivity index (χ2n) is 6.75. The predicted octanol–water partition coefficient (Wildman–Crippen LogP) is 4.92. The molecule has 0 aliphatic carbocycles. The van der Waals surface area contributed by atoms with Crippen molar-refractivity contribution in [2.45, 2.75) is 39.0 Å². The summed E-state index contributed by atoms with van der Waals surface area (Å²) in [6.07, 6.45) is 0.857. The van der Waals surface area contributed by atoms with Gasteiger partial charge in [-0.15, -0.1) is 0 Å². The number of ether oxygens (including phenoxy) is 1. The van der Waals surface area contributed by atoms with Crippen molar-refractivity contribution in [2.75, 3.05) is 11.9 Å². The van der Waals surface area contributed by atoms with Crippen molar-refractivity contribution in [3.63, 3.8) is 0 Å². The molecule has 1 N–H and O–H groups in total. The Kier molecular flexibility index (Phi) is 5.96. The third-order valence-corrected chi connectivity index (χ3v) is 3.69. The molecular formula is C20H24FNO2. The number of nitrogens with one attached hydrogen (secondary N) is 1. The van der Waals surface area contributed by atoms with Gasteiger partial charge in [-0.2, -0.15) is 0 Å². The van der Waals surface area contributed by atoms with E-state index in [1.165, 1.54) is 11.6 Å². The topological polar surface area (TPSA) is 38.3 Å². The fraction of sp³-hybridized carbons (Fsp3) is 0.350. The van der Waals surface area contributed by atoms with Gasteiger partial charge in [0.05, 0.1) is 12.3 Å². The highest BCUT2D eigenvalue weighted by atomic mass is 19.1. The summed E-state index contributed by atoms with van der Waals surface area (Å²) in [5, 5.41) is 2.56. The lowest BCUT2D eigenvalue weighted by Crippen LogP contribution is -2.14. The molecule has 0 saturated heterocycles. The third kappa shape index (κ3) is 5.37. The van der Waals surface area contributed by atoms with E-state index < -0.39 is 5.82 Å². The number of carbonyl (C=O) groups is 1. The number of amides is 1. The van der Waals surface area contributed by atoms with Crippen LogP contribution in [0.4, 0.5) is 10.1 Å². The van der Waals surface area contributed by atoms with E-state index in [2.05, 4.69) is 38.2 Å². The van der Waals surface area contributed by atoms with Gasteiger partial charge in [-0.05, 0) is 41.7 Å². The molecule has 0 bridgehead atoms. The average Bonchev–Trinajstić information content (AvgIpc) is 2.53. The highest BCUT2D eigenvalue weighted by Gasteiger charge is 2.13. The van der Waals surface area contributed by atoms with Crippen molar-refractivity contribution in [3.8, 4) is 5.75 Å². The summed E-state index contributed by atoms with van der Waals surface area (Å²) in [5.74, 6) is 0.144. The molecule has 0 aliphatic heterocycles. The maximum atomic E-state index is 13.4. The summed E-state index contributed by atoms with van der Waals surface area (Å²) in [4.78, 5) is 11.8. The fourth-order valence-electron chi connectivity index (χ4n) is 2.25. The van der Waals surface area contributed by atoms with E-state index in [9.17, 15) is 9.18 Å².